The second-order valence-corrected chi connectivity index (χ2v) is 9.38. The minimum absolute atomic E-state index is 0.204. The van der Waals surface area contributed by atoms with E-state index in [0.29, 0.717) is 35.1 Å². The average Bonchev–Trinajstić information content (AvgIpc) is 3.37. The van der Waals surface area contributed by atoms with Crippen LogP contribution in [-0.4, -0.2) is 43.8 Å². The molecule has 0 saturated carbocycles. The van der Waals surface area contributed by atoms with Crippen molar-refractivity contribution in [3.63, 3.8) is 0 Å². The zero-order valence-corrected chi connectivity index (χ0v) is 16.8. The van der Waals surface area contributed by atoms with Crippen LogP contribution >= 0.6 is 11.3 Å². The molecule has 1 amide bonds. The predicted octanol–water partition coefficient (Wildman–Crippen LogP) is 3.34. The Morgan fingerprint density at radius 1 is 1.14 bits per heavy atom. The van der Waals surface area contributed by atoms with Gasteiger partial charge in [-0.1, -0.05) is 17.4 Å². The van der Waals surface area contributed by atoms with Crippen molar-refractivity contribution in [3.8, 4) is 5.75 Å². The number of nitrogens with one attached hydrogen (secondary N) is 1. The third-order valence-electron chi connectivity index (χ3n) is 4.64. The number of hydrogen-bond donors (Lipinski definition) is 1. The highest BCUT2D eigenvalue weighted by atomic mass is 32.2. The second-order valence-electron chi connectivity index (χ2n) is 6.42. The van der Waals surface area contributed by atoms with E-state index in [-0.39, 0.29) is 10.8 Å². The van der Waals surface area contributed by atoms with Crippen molar-refractivity contribution >= 4 is 42.6 Å². The molecule has 0 bridgehead atoms. The molecule has 1 fully saturated rings. The lowest BCUT2D eigenvalue weighted by atomic mass is 10.2. The molecule has 0 unspecified atom stereocenters. The van der Waals surface area contributed by atoms with Crippen LogP contribution in [0.1, 0.15) is 23.2 Å². The van der Waals surface area contributed by atoms with Crippen LogP contribution in [0, 0.1) is 0 Å². The Hall–Kier alpha value is -2.49. The zero-order chi connectivity index (χ0) is 19.7. The number of nitrogens with zero attached hydrogens (tertiary/aromatic N) is 2. The van der Waals surface area contributed by atoms with Crippen molar-refractivity contribution in [3.05, 3.63) is 48.0 Å². The van der Waals surface area contributed by atoms with Gasteiger partial charge in [0.15, 0.2) is 5.13 Å². The van der Waals surface area contributed by atoms with Crippen molar-refractivity contribution in [2.45, 2.75) is 17.7 Å². The number of fused-ring (bicyclic) bond motifs is 1. The topological polar surface area (TPSA) is 88.6 Å². The zero-order valence-electron chi connectivity index (χ0n) is 15.2. The minimum atomic E-state index is -3.49. The maximum Gasteiger partial charge on any atom is 0.257 e. The van der Waals surface area contributed by atoms with Gasteiger partial charge in [-0.2, -0.15) is 4.31 Å². The summed E-state index contributed by atoms with van der Waals surface area (Å²) in [6, 6.07) is 11.6. The SMILES string of the molecule is COc1cccc2sc(NC(=O)c3ccc(S(=O)(=O)N4CCCC4)cc3)nc12. The van der Waals surface area contributed by atoms with Gasteiger partial charge >= 0.3 is 0 Å². The molecule has 0 aliphatic carbocycles. The first-order chi connectivity index (χ1) is 13.5. The fraction of sp³-hybridized carbons (Fsp3) is 0.263. The molecule has 2 heterocycles. The first-order valence-corrected chi connectivity index (χ1v) is 11.1. The highest BCUT2D eigenvalue weighted by Crippen LogP contribution is 2.32. The predicted molar refractivity (Wildman–Crippen MR) is 109 cm³/mol. The Labute approximate surface area is 167 Å². The van der Waals surface area contributed by atoms with Gasteiger partial charge in [0.2, 0.25) is 10.0 Å². The number of hydrogen-bond acceptors (Lipinski definition) is 6. The molecule has 9 heteroatoms. The fourth-order valence-electron chi connectivity index (χ4n) is 3.17. The second kappa shape index (κ2) is 7.50. The summed E-state index contributed by atoms with van der Waals surface area (Å²) in [5.74, 6) is 0.300. The van der Waals surface area contributed by atoms with E-state index in [1.807, 2.05) is 18.2 Å². The Bertz CT molecular complexity index is 1120. The van der Waals surface area contributed by atoms with Gasteiger partial charge in [-0.15, -0.1) is 0 Å². The number of rotatable bonds is 5. The van der Waals surface area contributed by atoms with Crippen LogP contribution < -0.4 is 10.1 Å². The molecule has 28 heavy (non-hydrogen) atoms. The lowest BCUT2D eigenvalue weighted by Gasteiger charge is -2.15. The molecule has 146 valence electrons. The van der Waals surface area contributed by atoms with Gasteiger partial charge in [0.25, 0.3) is 5.91 Å². The van der Waals surface area contributed by atoms with E-state index in [9.17, 15) is 13.2 Å². The van der Waals surface area contributed by atoms with Gasteiger partial charge in [0.05, 0.1) is 16.7 Å². The highest BCUT2D eigenvalue weighted by Gasteiger charge is 2.27. The van der Waals surface area contributed by atoms with Crippen LogP contribution in [0.5, 0.6) is 5.75 Å². The van der Waals surface area contributed by atoms with Crippen LogP contribution in [-0.2, 0) is 10.0 Å². The molecule has 3 aromatic rings. The van der Waals surface area contributed by atoms with Gasteiger partial charge in [0.1, 0.15) is 11.3 Å². The molecule has 2 aromatic carbocycles. The van der Waals surface area contributed by atoms with E-state index in [2.05, 4.69) is 10.3 Å². The molecular formula is C19H19N3O4S2. The minimum Gasteiger partial charge on any atom is -0.494 e. The van der Waals surface area contributed by atoms with Crippen LogP contribution in [0.25, 0.3) is 10.2 Å². The standard InChI is InChI=1S/C19H19N3O4S2/c1-26-15-5-4-6-16-17(15)20-19(27-16)21-18(23)13-7-9-14(10-8-13)28(24,25)22-11-2-3-12-22/h4-10H,2-3,11-12H2,1H3,(H,20,21,23). The number of aromatic nitrogens is 1. The maximum absolute atomic E-state index is 12.6. The number of methoxy groups -OCH3 is 1. The number of carbonyl (C=O) groups excluding carboxylic acids is 1. The molecule has 1 aliphatic heterocycles. The summed E-state index contributed by atoms with van der Waals surface area (Å²) in [5, 5.41) is 3.22. The van der Waals surface area contributed by atoms with Gasteiger partial charge in [-0.25, -0.2) is 13.4 Å². The molecular weight excluding hydrogens is 398 g/mol. The van der Waals surface area contributed by atoms with Gasteiger partial charge in [0, 0.05) is 18.7 Å². The lowest BCUT2D eigenvalue weighted by Crippen LogP contribution is -2.27. The van der Waals surface area contributed by atoms with Crippen LogP contribution in [0.3, 0.4) is 0 Å². The Morgan fingerprint density at radius 3 is 2.54 bits per heavy atom. The van der Waals surface area contributed by atoms with Crippen molar-refractivity contribution in [1.82, 2.24) is 9.29 Å². The summed E-state index contributed by atoms with van der Waals surface area (Å²) in [4.78, 5) is 17.1. The average molecular weight is 418 g/mol. The van der Waals surface area contributed by atoms with Crippen LogP contribution in [0.15, 0.2) is 47.4 Å². The summed E-state index contributed by atoms with van der Waals surface area (Å²) in [6.45, 7) is 1.09. The number of carbonyl (C=O) groups is 1. The first-order valence-electron chi connectivity index (χ1n) is 8.84. The third kappa shape index (κ3) is 3.48. The number of ether oxygens (including phenoxy) is 1. The molecule has 0 spiro atoms. The van der Waals surface area contributed by atoms with Crippen molar-refractivity contribution in [2.24, 2.45) is 0 Å². The number of thiazole rings is 1. The maximum atomic E-state index is 12.6. The largest absolute Gasteiger partial charge is 0.494 e. The Kier molecular flexibility index (Phi) is 5.05. The summed E-state index contributed by atoms with van der Waals surface area (Å²) < 4.78 is 32.8. The Balaban J connectivity index is 1.52. The van der Waals surface area contributed by atoms with E-state index in [1.54, 1.807) is 7.11 Å². The van der Waals surface area contributed by atoms with Crippen molar-refractivity contribution in [1.29, 1.82) is 0 Å². The van der Waals surface area contributed by atoms with Crippen molar-refractivity contribution in [2.75, 3.05) is 25.5 Å². The molecule has 1 aromatic heterocycles. The smallest absolute Gasteiger partial charge is 0.257 e. The molecule has 0 atom stereocenters. The summed E-state index contributed by atoms with van der Waals surface area (Å²) >= 11 is 1.35. The Morgan fingerprint density at radius 2 is 1.86 bits per heavy atom. The monoisotopic (exact) mass is 417 g/mol. The van der Waals surface area contributed by atoms with Crippen molar-refractivity contribution < 1.29 is 17.9 Å². The lowest BCUT2D eigenvalue weighted by molar-refractivity contribution is 0.102. The molecule has 0 radical (unpaired) electrons. The third-order valence-corrected chi connectivity index (χ3v) is 7.49. The summed E-state index contributed by atoms with van der Waals surface area (Å²) in [6.07, 6.45) is 1.76. The molecule has 4 rings (SSSR count). The summed E-state index contributed by atoms with van der Waals surface area (Å²) in [5.41, 5.74) is 1.06. The number of sulfonamides is 1. The van der Waals surface area contributed by atoms with Crippen LogP contribution in [0.4, 0.5) is 5.13 Å². The van der Waals surface area contributed by atoms with Gasteiger partial charge in [-0.05, 0) is 49.2 Å². The molecule has 7 nitrogen and oxygen atoms in total. The quantitative estimate of drug-likeness (QED) is 0.688. The molecule has 1 N–H and O–H groups in total. The van der Waals surface area contributed by atoms with Crippen LogP contribution in [0.2, 0.25) is 0 Å². The summed E-state index contributed by atoms with van der Waals surface area (Å²) in [7, 11) is -1.91. The van der Waals surface area contributed by atoms with Gasteiger partial charge < -0.3 is 4.74 Å². The number of anilines is 1. The number of para-hydroxylation sites is 1. The number of amides is 1. The van der Waals surface area contributed by atoms with E-state index in [1.165, 1.54) is 39.9 Å². The molecule has 1 aliphatic rings. The molecule has 1 saturated heterocycles. The first kappa shape index (κ1) is 18.9. The van der Waals surface area contributed by atoms with E-state index in [4.69, 9.17) is 4.74 Å². The van der Waals surface area contributed by atoms with E-state index < -0.39 is 10.0 Å². The van der Waals surface area contributed by atoms with Gasteiger partial charge in [-0.3, -0.25) is 10.1 Å². The highest BCUT2D eigenvalue weighted by molar-refractivity contribution is 7.89. The normalized spacial score (nSPS) is 15.0. The fourth-order valence-corrected chi connectivity index (χ4v) is 5.56. The van der Waals surface area contributed by atoms with E-state index >= 15 is 0 Å². The number of benzene rings is 2. The van der Waals surface area contributed by atoms with E-state index in [0.717, 1.165) is 17.5 Å².